The molecule has 0 bridgehead atoms. The van der Waals surface area contributed by atoms with Crippen LogP contribution in [0, 0.1) is 11.4 Å². The fraction of sp³-hybridized carbons (Fsp3) is 0.545. The van der Waals surface area contributed by atoms with Crippen molar-refractivity contribution in [3.63, 3.8) is 0 Å². The number of aromatic nitrogens is 1. The second kappa shape index (κ2) is 4.05. The Morgan fingerprint density at radius 1 is 1.50 bits per heavy atom. The van der Waals surface area contributed by atoms with E-state index < -0.39 is 5.95 Å². The number of nitrogens with zero attached hydrogens (tertiary/aromatic N) is 1. The molecule has 0 aromatic carbocycles. The first-order chi connectivity index (χ1) is 6.38. The molecule has 1 atom stereocenters. The average molecular weight is 196 g/mol. The Kier molecular flexibility index (Phi) is 3.21. The fourth-order valence-corrected chi connectivity index (χ4v) is 1.43. The molecule has 0 fully saturated rings. The largest absolute Gasteiger partial charge is 0.324 e. The van der Waals surface area contributed by atoms with Gasteiger partial charge in [0.2, 0.25) is 5.95 Å². The van der Waals surface area contributed by atoms with Crippen molar-refractivity contribution in [2.45, 2.75) is 33.2 Å². The molecule has 2 nitrogen and oxygen atoms in total. The Hall–Kier alpha value is -0.960. The van der Waals surface area contributed by atoms with Crippen LogP contribution >= 0.6 is 0 Å². The number of hydrogen-bond donors (Lipinski definition) is 1. The molecular weight excluding hydrogens is 179 g/mol. The van der Waals surface area contributed by atoms with Gasteiger partial charge in [0.15, 0.2) is 0 Å². The topological polar surface area (TPSA) is 38.9 Å². The summed E-state index contributed by atoms with van der Waals surface area (Å²) in [5.41, 5.74) is 6.92. The van der Waals surface area contributed by atoms with Crippen LogP contribution in [0.2, 0.25) is 0 Å². The van der Waals surface area contributed by atoms with E-state index in [-0.39, 0.29) is 11.5 Å². The standard InChI is InChI=1S/C11H17FN2/c1-11(2,3)7-9(13)8-4-5-14-10(12)6-8/h4-6,9H,7,13H2,1-3H3/t9-/m1/s1. The Morgan fingerprint density at radius 2 is 2.14 bits per heavy atom. The molecule has 0 amide bonds. The van der Waals surface area contributed by atoms with Crippen molar-refractivity contribution in [1.82, 2.24) is 4.98 Å². The number of rotatable bonds is 2. The van der Waals surface area contributed by atoms with E-state index in [2.05, 4.69) is 25.8 Å². The molecule has 3 heteroatoms. The molecule has 1 heterocycles. The third kappa shape index (κ3) is 3.42. The Morgan fingerprint density at radius 3 is 2.64 bits per heavy atom. The van der Waals surface area contributed by atoms with Crippen molar-refractivity contribution in [1.29, 1.82) is 0 Å². The van der Waals surface area contributed by atoms with Crippen molar-refractivity contribution in [2.75, 3.05) is 0 Å². The SMILES string of the molecule is CC(C)(C)C[C@@H](N)c1ccnc(F)c1. The van der Waals surface area contributed by atoms with E-state index in [9.17, 15) is 4.39 Å². The predicted molar refractivity (Wildman–Crippen MR) is 55.2 cm³/mol. The van der Waals surface area contributed by atoms with Gasteiger partial charge in [-0.2, -0.15) is 4.39 Å². The molecule has 0 aliphatic rings. The second-order valence-corrected chi connectivity index (χ2v) is 4.78. The molecule has 0 unspecified atom stereocenters. The van der Waals surface area contributed by atoms with E-state index in [4.69, 9.17) is 5.73 Å². The van der Waals surface area contributed by atoms with Gasteiger partial charge in [0.25, 0.3) is 0 Å². The molecule has 14 heavy (non-hydrogen) atoms. The van der Waals surface area contributed by atoms with Crippen molar-refractivity contribution >= 4 is 0 Å². The molecule has 0 aliphatic heterocycles. The number of halogens is 1. The lowest BCUT2D eigenvalue weighted by atomic mass is 9.86. The summed E-state index contributed by atoms with van der Waals surface area (Å²) >= 11 is 0. The highest BCUT2D eigenvalue weighted by molar-refractivity contribution is 5.15. The molecule has 1 aromatic heterocycles. The van der Waals surface area contributed by atoms with E-state index >= 15 is 0 Å². The summed E-state index contributed by atoms with van der Waals surface area (Å²) in [6.45, 7) is 6.35. The van der Waals surface area contributed by atoms with E-state index in [1.807, 2.05) is 0 Å². The van der Waals surface area contributed by atoms with Crippen LogP contribution in [0.15, 0.2) is 18.3 Å². The third-order valence-corrected chi connectivity index (χ3v) is 2.01. The Bertz CT molecular complexity index is 304. The van der Waals surface area contributed by atoms with E-state index in [0.717, 1.165) is 12.0 Å². The molecular formula is C11H17FN2. The molecule has 78 valence electrons. The lowest BCUT2D eigenvalue weighted by molar-refractivity contribution is 0.342. The van der Waals surface area contributed by atoms with Crippen molar-refractivity contribution in [2.24, 2.45) is 11.1 Å². The molecule has 0 saturated carbocycles. The van der Waals surface area contributed by atoms with Gasteiger partial charge in [-0.3, -0.25) is 0 Å². The summed E-state index contributed by atoms with van der Waals surface area (Å²) < 4.78 is 12.8. The zero-order chi connectivity index (χ0) is 10.8. The first-order valence-corrected chi connectivity index (χ1v) is 4.75. The normalized spacial score (nSPS) is 14.1. The molecule has 1 aromatic rings. The molecule has 0 aliphatic carbocycles. The highest BCUT2D eigenvalue weighted by atomic mass is 19.1. The smallest absolute Gasteiger partial charge is 0.213 e. The van der Waals surface area contributed by atoms with Gasteiger partial charge in [-0.25, -0.2) is 4.98 Å². The van der Waals surface area contributed by atoms with Crippen LogP contribution in [0.5, 0.6) is 0 Å². The summed E-state index contributed by atoms with van der Waals surface area (Å²) in [5, 5.41) is 0. The minimum Gasteiger partial charge on any atom is -0.324 e. The molecule has 1 rings (SSSR count). The van der Waals surface area contributed by atoms with E-state index in [1.165, 1.54) is 12.3 Å². The van der Waals surface area contributed by atoms with Crippen LogP contribution in [0.3, 0.4) is 0 Å². The quantitative estimate of drug-likeness (QED) is 0.738. The lowest BCUT2D eigenvalue weighted by Crippen LogP contribution is -2.18. The maximum absolute atomic E-state index is 12.8. The van der Waals surface area contributed by atoms with Crippen molar-refractivity contribution < 1.29 is 4.39 Å². The van der Waals surface area contributed by atoms with Gasteiger partial charge in [0.05, 0.1) is 0 Å². The van der Waals surface area contributed by atoms with Crippen LogP contribution in [-0.4, -0.2) is 4.98 Å². The minimum absolute atomic E-state index is 0.118. The Balaban J connectivity index is 2.74. The zero-order valence-electron chi connectivity index (χ0n) is 8.92. The molecule has 2 N–H and O–H groups in total. The van der Waals surface area contributed by atoms with Crippen LogP contribution < -0.4 is 5.73 Å². The van der Waals surface area contributed by atoms with Gasteiger partial charge in [0, 0.05) is 12.2 Å². The third-order valence-electron chi connectivity index (χ3n) is 2.01. The van der Waals surface area contributed by atoms with Crippen LogP contribution in [0.25, 0.3) is 0 Å². The first kappa shape index (κ1) is 11.1. The van der Waals surface area contributed by atoms with Gasteiger partial charge < -0.3 is 5.73 Å². The monoisotopic (exact) mass is 196 g/mol. The van der Waals surface area contributed by atoms with E-state index in [0.29, 0.717) is 0 Å². The fourth-order valence-electron chi connectivity index (χ4n) is 1.43. The molecule has 0 saturated heterocycles. The molecule has 0 spiro atoms. The van der Waals surface area contributed by atoms with Crippen molar-refractivity contribution in [3.8, 4) is 0 Å². The van der Waals surface area contributed by atoms with E-state index in [1.54, 1.807) is 6.07 Å². The van der Waals surface area contributed by atoms with Crippen molar-refractivity contribution in [3.05, 3.63) is 29.8 Å². The average Bonchev–Trinajstić information content (AvgIpc) is 2.01. The minimum atomic E-state index is -0.466. The first-order valence-electron chi connectivity index (χ1n) is 4.75. The lowest BCUT2D eigenvalue weighted by Gasteiger charge is -2.23. The summed E-state index contributed by atoms with van der Waals surface area (Å²) in [6, 6.07) is 3.04. The number of hydrogen-bond acceptors (Lipinski definition) is 2. The number of nitrogens with two attached hydrogens (primary N) is 1. The summed E-state index contributed by atoms with van der Waals surface area (Å²) in [4.78, 5) is 3.50. The van der Waals surface area contributed by atoms with Gasteiger partial charge >= 0.3 is 0 Å². The molecule has 0 radical (unpaired) electrons. The Labute approximate surface area is 84.3 Å². The highest BCUT2D eigenvalue weighted by Crippen LogP contribution is 2.27. The highest BCUT2D eigenvalue weighted by Gasteiger charge is 2.17. The van der Waals surface area contributed by atoms with Gasteiger partial charge in [-0.05, 0) is 29.5 Å². The summed E-state index contributed by atoms with van der Waals surface area (Å²) in [6.07, 6.45) is 2.28. The van der Waals surface area contributed by atoms with Gasteiger partial charge in [0.1, 0.15) is 0 Å². The van der Waals surface area contributed by atoms with Gasteiger partial charge in [-0.1, -0.05) is 20.8 Å². The van der Waals surface area contributed by atoms with Crippen LogP contribution in [0.1, 0.15) is 38.8 Å². The summed E-state index contributed by atoms with van der Waals surface area (Å²) in [5.74, 6) is -0.466. The number of pyridine rings is 1. The van der Waals surface area contributed by atoms with Gasteiger partial charge in [-0.15, -0.1) is 0 Å². The second-order valence-electron chi connectivity index (χ2n) is 4.78. The maximum Gasteiger partial charge on any atom is 0.213 e. The van der Waals surface area contributed by atoms with Crippen LogP contribution in [-0.2, 0) is 0 Å². The maximum atomic E-state index is 12.8. The summed E-state index contributed by atoms with van der Waals surface area (Å²) in [7, 11) is 0. The van der Waals surface area contributed by atoms with Crippen LogP contribution in [0.4, 0.5) is 4.39 Å². The zero-order valence-corrected chi connectivity index (χ0v) is 8.92. The predicted octanol–water partition coefficient (Wildman–Crippen LogP) is 2.66.